The first-order valence-electron chi connectivity index (χ1n) is 9.37. The molecule has 1 amide bonds. The minimum absolute atomic E-state index is 0.0974. The standard InChI is InChI=1S/C23H20N4O2S/c1-29-20-14-12-17(13-15-20)22-25-26-23(27(22)19-10-6-3-7-11-19)30-16-21(28)24-18-8-4-2-5-9-18/h2-15H,16H2,1H3,(H,24,28). The van der Waals surface area contributed by atoms with Crippen molar-refractivity contribution in [2.45, 2.75) is 5.16 Å². The summed E-state index contributed by atoms with van der Waals surface area (Å²) >= 11 is 1.35. The highest BCUT2D eigenvalue weighted by Crippen LogP contribution is 2.29. The van der Waals surface area contributed by atoms with Gasteiger partial charge in [0, 0.05) is 16.9 Å². The Kier molecular flexibility index (Phi) is 6.10. The Morgan fingerprint density at radius 3 is 2.27 bits per heavy atom. The summed E-state index contributed by atoms with van der Waals surface area (Å²) in [7, 11) is 1.64. The normalized spacial score (nSPS) is 10.6. The highest BCUT2D eigenvalue weighted by atomic mass is 32.2. The van der Waals surface area contributed by atoms with E-state index in [9.17, 15) is 4.79 Å². The summed E-state index contributed by atoms with van der Waals surface area (Å²) < 4.78 is 7.21. The summed E-state index contributed by atoms with van der Waals surface area (Å²) in [4.78, 5) is 12.4. The van der Waals surface area contributed by atoms with Crippen LogP contribution in [0.5, 0.6) is 5.75 Å². The molecule has 6 nitrogen and oxygen atoms in total. The molecule has 0 aliphatic heterocycles. The zero-order valence-electron chi connectivity index (χ0n) is 16.4. The monoisotopic (exact) mass is 416 g/mol. The number of hydrogen-bond acceptors (Lipinski definition) is 5. The van der Waals surface area contributed by atoms with Crippen molar-refractivity contribution >= 4 is 23.4 Å². The summed E-state index contributed by atoms with van der Waals surface area (Å²) in [5.41, 5.74) is 2.61. The van der Waals surface area contributed by atoms with Crippen molar-refractivity contribution in [3.8, 4) is 22.8 Å². The predicted octanol–water partition coefficient (Wildman–Crippen LogP) is 4.67. The molecular formula is C23H20N4O2S. The quantitative estimate of drug-likeness (QED) is 0.443. The molecule has 0 aliphatic rings. The van der Waals surface area contributed by atoms with E-state index in [1.165, 1.54) is 11.8 Å². The highest BCUT2D eigenvalue weighted by Gasteiger charge is 2.17. The molecule has 1 aromatic heterocycles. The topological polar surface area (TPSA) is 69.0 Å². The van der Waals surface area contributed by atoms with E-state index in [2.05, 4.69) is 15.5 Å². The molecule has 0 radical (unpaired) electrons. The molecule has 7 heteroatoms. The van der Waals surface area contributed by atoms with E-state index in [0.29, 0.717) is 11.0 Å². The fourth-order valence-corrected chi connectivity index (χ4v) is 3.70. The number of carbonyl (C=O) groups excluding carboxylic acids is 1. The van der Waals surface area contributed by atoms with Gasteiger partial charge < -0.3 is 10.1 Å². The molecule has 30 heavy (non-hydrogen) atoms. The molecule has 4 rings (SSSR count). The van der Waals surface area contributed by atoms with Gasteiger partial charge in [-0.2, -0.15) is 0 Å². The fourth-order valence-electron chi connectivity index (χ4n) is 2.95. The largest absolute Gasteiger partial charge is 0.497 e. The molecule has 0 atom stereocenters. The maximum Gasteiger partial charge on any atom is 0.234 e. The second-order valence-corrected chi connectivity index (χ2v) is 7.35. The molecule has 0 spiro atoms. The first kappa shape index (κ1) is 19.7. The molecule has 150 valence electrons. The predicted molar refractivity (Wildman–Crippen MR) is 119 cm³/mol. The second-order valence-electron chi connectivity index (χ2n) is 6.41. The zero-order valence-corrected chi connectivity index (χ0v) is 17.2. The summed E-state index contributed by atoms with van der Waals surface area (Å²) in [6.07, 6.45) is 0. The molecule has 1 N–H and O–H groups in total. The van der Waals surface area contributed by atoms with Crippen molar-refractivity contribution in [1.29, 1.82) is 0 Å². The van der Waals surface area contributed by atoms with Crippen LogP contribution in [0, 0.1) is 0 Å². The lowest BCUT2D eigenvalue weighted by molar-refractivity contribution is -0.113. The number of aromatic nitrogens is 3. The Labute approximate surface area is 178 Å². The molecule has 3 aromatic carbocycles. The molecule has 0 unspecified atom stereocenters. The molecule has 4 aromatic rings. The lowest BCUT2D eigenvalue weighted by Crippen LogP contribution is -2.14. The van der Waals surface area contributed by atoms with Gasteiger partial charge in [0.2, 0.25) is 5.91 Å². The SMILES string of the molecule is COc1ccc(-c2nnc(SCC(=O)Nc3ccccc3)n2-c2ccccc2)cc1. The van der Waals surface area contributed by atoms with Gasteiger partial charge >= 0.3 is 0 Å². The van der Waals surface area contributed by atoms with Gasteiger partial charge in [-0.3, -0.25) is 9.36 Å². The van der Waals surface area contributed by atoms with Crippen molar-refractivity contribution in [3.05, 3.63) is 84.9 Å². The van der Waals surface area contributed by atoms with E-state index in [1.807, 2.05) is 89.5 Å². The van der Waals surface area contributed by atoms with E-state index in [-0.39, 0.29) is 11.7 Å². The van der Waals surface area contributed by atoms with Crippen LogP contribution in [0.25, 0.3) is 17.1 Å². The first-order valence-corrected chi connectivity index (χ1v) is 10.4. The lowest BCUT2D eigenvalue weighted by atomic mass is 10.2. The number of nitrogens with one attached hydrogen (secondary N) is 1. The summed E-state index contributed by atoms with van der Waals surface area (Å²) in [5.74, 6) is 1.61. The van der Waals surface area contributed by atoms with Crippen molar-refractivity contribution in [2.75, 3.05) is 18.2 Å². The molecule has 1 heterocycles. The summed E-state index contributed by atoms with van der Waals surface area (Å²) in [6, 6.07) is 26.9. The van der Waals surface area contributed by atoms with Gasteiger partial charge in [0.05, 0.1) is 12.9 Å². The van der Waals surface area contributed by atoms with E-state index in [0.717, 1.165) is 22.7 Å². The highest BCUT2D eigenvalue weighted by molar-refractivity contribution is 7.99. The summed E-state index contributed by atoms with van der Waals surface area (Å²) in [5, 5.41) is 12.3. The zero-order chi connectivity index (χ0) is 20.8. The Bertz CT molecular complexity index is 1110. The fraction of sp³-hybridized carbons (Fsp3) is 0.0870. The third kappa shape index (κ3) is 4.52. The molecule has 0 bridgehead atoms. The van der Waals surface area contributed by atoms with Gasteiger partial charge in [0.1, 0.15) is 5.75 Å². The van der Waals surface area contributed by atoms with Crippen LogP contribution < -0.4 is 10.1 Å². The van der Waals surface area contributed by atoms with Gasteiger partial charge in [-0.1, -0.05) is 48.2 Å². The molecular weight excluding hydrogens is 396 g/mol. The number of anilines is 1. The molecule has 0 fully saturated rings. The van der Waals surface area contributed by atoms with Crippen LogP contribution >= 0.6 is 11.8 Å². The number of methoxy groups -OCH3 is 1. The third-order valence-corrected chi connectivity index (χ3v) is 5.31. The number of thioether (sulfide) groups is 1. The molecule has 0 aliphatic carbocycles. The van der Waals surface area contributed by atoms with Crippen LogP contribution in [0.15, 0.2) is 90.1 Å². The Hall–Kier alpha value is -3.58. The summed E-state index contributed by atoms with van der Waals surface area (Å²) in [6.45, 7) is 0. The van der Waals surface area contributed by atoms with Crippen LogP contribution in [0.2, 0.25) is 0 Å². The molecule has 0 saturated heterocycles. The van der Waals surface area contributed by atoms with Crippen LogP contribution in [-0.4, -0.2) is 33.5 Å². The van der Waals surface area contributed by atoms with Gasteiger partial charge in [-0.25, -0.2) is 0 Å². The van der Waals surface area contributed by atoms with E-state index >= 15 is 0 Å². The number of benzene rings is 3. The van der Waals surface area contributed by atoms with Crippen molar-refractivity contribution in [2.24, 2.45) is 0 Å². The maximum atomic E-state index is 12.4. The Morgan fingerprint density at radius 2 is 1.60 bits per heavy atom. The van der Waals surface area contributed by atoms with Crippen LogP contribution in [0.4, 0.5) is 5.69 Å². The van der Waals surface area contributed by atoms with Crippen LogP contribution in [-0.2, 0) is 4.79 Å². The number of para-hydroxylation sites is 2. The lowest BCUT2D eigenvalue weighted by Gasteiger charge is -2.11. The number of amides is 1. The van der Waals surface area contributed by atoms with Crippen molar-refractivity contribution in [1.82, 2.24) is 14.8 Å². The molecule has 0 saturated carbocycles. The second kappa shape index (κ2) is 9.28. The van der Waals surface area contributed by atoms with Gasteiger partial charge in [0.15, 0.2) is 11.0 Å². The Balaban J connectivity index is 1.59. The third-order valence-electron chi connectivity index (χ3n) is 4.39. The number of carbonyl (C=O) groups is 1. The van der Waals surface area contributed by atoms with E-state index in [4.69, 9.17) is 4.74 Å². The number of ether oxygens (including phenoxy) is 1. The first-order chi connectivity index (χ1) is 14.7. The Morgan fingerprint density at radius 1 is 0.933 bits per heavy atom. The van der Waals surface area contributed by atoms with Crippen LogP contribution in [0.1, 0.15) is 0 Å². The van der Waals surface area contributed by atoms with Crippen molar-refractivity contribution < 1.29 is 9.53 Å². The average molecular weight is 417 g/mol. The van der Waals surface area contributed by atoms with E-state index < -0.39 is 0 Å². The minimum atomic E-state index is -0.0974. The smallest absolute Gasteiger partial charge is 0.234 e. The van der Waals surface area contributed by atoms with Crippen molar-refractivity contribution in [3.63, 3.8) is 0 Å². The average Bonchev–Trinajstić information content (AvgIpc) is 3.23. The maximum absolute atomic E-state index is 12.4. The van der Waals surface area contributed by atoms with Crippen LogP contribution in [0.3, 0.4) is 0 Å². The number of nitrogens with zero attached hydrogens (tertiary/aromatic N) is 3. The van der Waals surface area contributed by atoms with Gasteiger partial charge in [-0.15, -0.1) is 10.2 Å². The van der Waals surface area contributed by atoms with Gasteiger partial charge in [0.25, 0.3) is 0 Å². The van der Waals surface area contributed by atoms with Gasteiger partial charge in [-0.05, 0) is 48.5 Å². The number of hydrogen-bond donors (Lipinski definition) is 1. The van der Waals surface area contributed by atoms with E-state index in [1.54, 1.807) is 7.11 Å². The number of rotatable bonds is 7. The minimum Gasteiger partial charge on any atom is -0.497 e.